The van der Waals surface area contributed by atoms with Gasteiger partial charge in [-0.2, -0.15) is 0 Å². The maximum absolute atomic E-state index is 9.25. The van der Waals surface area contributed by atoms with Gasteiger partial charge in [0.05, 0.1) is 0 Å². The monoisotopic (exact) mass is 262 g/mol. The molecule has 0 aromatic heterocycles. The number of hydrogen-bond acceptors (Lipinski definition) is 3. The van der Waals surface area contributed by atoms with Crippen LogP contribution in [0.1, 0.15) is 5.56 Å². The summed E-state index contributed by atoms with van der Waals surface area (Å²) in [6.45, 7) is 0.661. The highest BCUT2D eigenvalue weighted by Gasteiger charge is 2.06. The van der Waals surface area contributed by atoms with Crippen molar-refractivity contribution in [3.05, 3.63) is 53.1 Å². The van der Waals surface area contributed by atoms with Crippen molar-refractivity contribution in [1.82, 2.24) is 0 Å². The van der Waals surface area contributed by atoms with E-state index >= 15 is 0 Å². The molecule has 0 aliphatic heterocycles. The summed E-state index contributed by atoms with van der Waals surface area (Å²) < 4.78 is 0. The summed E-state index contributed by atoms with van der Waals surface area (Å²) in [6.07, 6.45) is 0. The first-order chi connectivity index (χ1) is 8.56. The number of rotatable bonds is 3. The van der Waals surface area contributed by atoms with Crippen LogP contribution in [0.2, 0.25) is 5.02 Å². The predicted octanol–water partition coefficient (Wildman–Crippen LogP) is 3.26. The summed E-state index contributed by atoms with van der Waals surface area (Å²) in [6, 6.07) is 12.5. The Morgan fingerprint density at radius 3 is 2.50 bits per heavy atom. The lowest BCUT2D eigenvalue weighted by molar-refractivity contribution is 0.475. The van der Waals surface area contributed by atoms with Gasteiger partial charge in [0.1, 0.15) is 5.75 Å². The van der Waals surface area contributed by atoms with Crippen molar-refractivity contribution in [2.45, 2.75) is 6.54 Å². The highest BCUT2D eigenvalue weighted by molar-refractivity contribution is 6.31. The molecule has 2 aromatic rings. The maximum atomic E-state index is 9.25. The van der Waals surface area contributed by atoms with Gasteiger partial charge in [0.2, 0.25) is 0 Å². The fraction of sp³-hybridized carbons (Fsp3) is 0.143. The zero-order valence-corrected chi connectivity index (χ0v) is 10.9. The average Bonchev–Trinajstić information content (AvgIpc) is 2.34. The number of benzene rings is 2. The third-order valence-electron chi connectivity index (χ3n) is 2.77. The number of halogens is 1. The van der Waals surface area contributed by atoms with Gasteiger partial charge in [-0.05, 0) is 48.0 Å². The van der Waals surface area contributed by atoms with Crippen molar-refractivity contribution in [2.24, 2.45) is 0 Å². The highest BCUT2D eigenvalue weighted by Crippen LogP contribution is 2.23. The van der Waals surface area contributed by atoms with Gasteiger partial charge in [0.25, 0.3) is 0 Å². The van der Waals surface area contributed by atoms with Crippen molar-refractivity contribution >= 4 is 23.0 Å². The van der Waals surface area contributed by atoms with Crippen LogP contribution >= 0.6 is 11.6 Å². The lowest BCUT2D eigenvalue weighted by atomic mass is 10.2. The molecule has 0 aliphatic rings. The van der Waals surface area contributed by atoms with E-state index in [9.17, 15) is 5.11 Å². The first-order valence-electron chi connectivity index (χ1n) is 5.60. The lowest BCUT2D eigenvalue weighted by Gasteiger charge is -2.20. The van der Waals surface area contributed by atoms with Gasteiger partial charge in [-0.3, -0.25) is 0 Å². The van der Waals surface area contributed by atoms with E-state index in [-0.39, 0.29) is 5.75 Å². The molecule has 0 heterocycles. The Hall–Kier alpha value is -1.87. The van der Waals surface area contributed by atoms with E-state index in [2.05, 4.69) is 0 Å². The van der Waals surface area contributed by atoms with E-state index in [4.69, 9.17) is 17.3 Å². The zero-order valence-electron chi connectivity index (χ0n) is 10.1. The normalized spacial score (nSPS) is 10.3. The Kier molecular flexibility index (Phi) is 3.63. The van der Waals surface area contributed by atoms with Crippen LogP contribution in [0.3, 0.4) is 0 Å². The molecular weight excluding hydrogens is 248 g/mol. The fourth-order valence-corrected chi connectivity index (χ4v) is 1.95. The van der Waals surface area contributed by atoms with Gasteiger partial charge in [-0.15, -0.1) is 0 Å². The average molecular weight is 263 g/mol. The number of aromatic hydroxyl groups is 1. The highest BCUT2D eigenvalue weighted by atomic mass is 35.5. The Balaban J connectivity index is 2.18. The van der Waals surface area contributed by atoms with Crippen LogP contribution < -0.4 is 10.6 Å². The number of nitrogens with two attached hydrogens (primary N) is 1. The molecule has 0 bridgehead atoms. The number of nitrogens with zero attached hydrogens (tertiary/aromatic N) is 1. The zero-order chi connectivity index (χ0) is 13.1. The van der Waals surface area contributed by atoms with Crippen molar-refractivity contribution < 1.29 is 5.11 Å². The maximum Gasteiger partial charge on any atom is 0.115 e. The van der Waals surface area contributed by atoms with E-state index in [1.54, 1.807) is 24.3 Å². The van der Waals surface area contributed by atoms with Gasteiger partial charge in [-0.25, -0.2) is 0 Å². The van der Waals surface area contributed by atoms with E-state index in [0.717, 1.165) is 11.3 Å². The molecule has 0 saturated carbocycles. The summed E-state index contributed by atoms with van der Waals surface area (Å²) in [5, 5.41) is 9.96. The third-order valence-corrected chi connectivity index (χ3v) is 3.14. The Morgan fingerprint density at radius 1 is 1.17 bits per heavy atom. The number of hydrogen-bond donors (Lipinski definition) is 2. The van der Waals surface area contributed by atoms with Crippen molar-refractivity contribution in [1.29, 1.82) is 0 Å². The molecule has 4 heteroatoms. The fourth-order valence-electron chi connectivity index (χ4n) is 1.77. The van der Waals surface area contributed by atoms with Gasteiger partial charge >= 0.3 is 0 Å². The van der Waals surface area contributed by atoms with Crippen LogP contribution in [0.15, 0.2) is 42.5 Å². The summed E-state index contributed by atoms with van der Waals surface area (Å²) in [4.78, 5) is 2.04. The minimum atomic E-state index is 0.258. The summed E-state index contributed by atoms with van der Waals surface area (Å²) in [7, 11) is 1.96. The molecule has 0 unspecified atom stereocenters. The number of anilines is 2. The van der Waals surface area contributed by atoms with E-state index in [1.165, 1.54) is 0 Å². The van der Waals surface area contributed by atoms with Crippen LogP contribution in [0.4, 0.5) is 11.4 Å². The third kappa shape index (κ3) is 2.87. The molecule has 3 N–H and O–H groups in total. The minimum Gasteiger partial charge on any atom is -0.508 e. The predicted molar refractivity (Wildman–Crippen MR) is 76.1 cm³/mol. The van der Waals surface area contributed by atoms with E-state index in [1.807, 2.05) is 30.1 Å². The quantitative estimate of drug-likeness (QED) is 0.835. The molecule has 0 radical (unpaired) electrons. The van der Waals surface area contributed by atoms with Crippen LogP contribution in [0.25, 0.3) is 0 Å². The van der Waals surface area contributed by atoms with Crippen LogP contribution in [-0.2, 0) is 6.54 Å². The second-order valence-electron chi connectivity index (χ2n) is 4.22. The number of phenols is 1. The van der Waals surface area contributed by atoms with Crippen LogP contribution in [-0.4, -0.2) is 12.2 Å². The Morgan fingerprint density at radius 2 is 1.83 bits per heavy atom. The molecule has 94 valence electrons. The SMILES string of the molecule is CN(Cc1cc(N)ccc1Cl)c1ccc(O)cc1. The molecule has 0 saturated heterocycles. The molecule has 0 aliphatic carbocycles. The Bertz CT molecular complexity index is 540. The molecular formula is C14H15ClN2O. The van der Waals surface area contributed by atoms with Crippen LogP contribution in [0.5, 0.6) is 5.75 Å². The summed E-state index contributed by atoms with van der Waals surface area (Å²) in [5.74, 6) is 0.258. The molecule has 3 nitrogen and oxygen atoms in total. The van der Waals surface area contributed by atoms with Gasteiger partial charge in [-0.1, -0.05) is 11.6 Å². The molecule has 2 aromatic carbocycles. The minimum absolute atomic E-state index is 0.258. The summed E-state index contributed by atoms with van der Waals surface area (Å²) in [5.41, 5.74) is 8.44. The van der Waals surface area contributed by atoms with Crippen molar-refractivity contribution in [2.75, 3.05) is 17.7 Å². The van der Waals surface area contributed by atoms with E-state index in [0.29, 0.717) is 17.3 Å². The second kappa shape index (κ2) is 5.19. The first kappa shape index (κ1) is 12.6. The number of nitrogen functional groups attached to an aromatic ring is 1. The molecule has 0 fully saturated rings. The van der Waals surface area contributed by atoms with Crippen LogP contribution in [0, 0.1) is 0 Å². The van der Waals surface area contributed by atoms with Gasteiger partial charge < -0.3 is 15.7 Å². The molecule has 0 amide bonds. The largest absolute Gasteiger partial charge is 0.508 e. The Labute approximate surface area is 111 Å². The second-order valence-corrected chi connectivity index (χ2v) is 4.63. The molecule has 18 heavy (non-hydrogen) atoms. The smallest absolute Gasteiger partial charge is 0.115 e. The molecule has 0 atom stereocenters. The first-order valence-corrected chi connectivity index (χ1v) is 5.98. The van der Waals surface area contributed by atoms with Gasteiger partial charge in [0.15, 0.2) is 0 Å². The summed E-state index contributed by atoms with van der Waals surface area (Å²) >= 11 is 6.13. The van der Waals surface area contributed by atoms with Crippen molar-refractivity contribution in [3.8, 4) is 5.75 Å². The van der Waals surface area contributed by atoms with Crippen molar-refractivity contribution in [3.63, 3.8) is 0 Å². The molecule has 2 rings (SSSR count). The standard InChI is InChI=1S/C14H15ClN2O/c1-17(12-3-5-13(18)6-4-12)9-10-8-11(16)2-7-14(10)15/h2-8,18H,9,16H2,1H3. The van der Waals surface area contributed by atoms with E-state index < -0.39 is 0 Å². The topological polar surface area (TPSA) is 49.5 Å². The molecule has 0 spiro atoms. The lowest BCUT2D eigenvalue weighted by Crippen LogP contribution is -2.16. The van der Waals surface area contributed by atoms with Gasteiger partial charge in [0, 0.05) is 30.0 Å². The number of phenolic OH excluding ortho intramolecular Hbond substituents is 1.